The number of methoxy groups -OCH3 is 1. The van der Waals surface area contributed by atoms with E-state index in [0.29, 0.717) is 5.69 Å². The minimum absolute atomic E-state index is 0.423. The van der Waals surface area contributed by atoms with Crippen molar-refractivity contribution in [1.82, 2.24) is 13.9 Å². The molecule has 0 N–H and O–H groups in total. The highest BCUT2D eigenvalue weighted by Crippen LogP contribution is 2.57. The Morgan fingerprint density at radius 3 is 2.52 bits per heavy atom. The Labute approximate surface area is 173 Å². The molecule has 1 aromatic heterocycles. The lowest BCUT2D eigenvalue weighted by molar-refractivity contribution is -0.195. The number of esters is 1. The SMILES string of the molecule is COC(=O)[C@@]12OC(C)(C)O[C@@H]1[C@]1(Br)C=C[C@H]2n2c(=O)n(-c3ccccc3)c(=O)n21. The molecule has 9 nitrogen and oxygen atoms in total. The van der Waals surface area contributed by atoms with Crippen LogP contribution in [0.1, 0.15) is 19.9 Å². The standard InChI is InChI=1S/C19H18BrN3O6/c1-17(2)28-13-18(20)10-9-12(19(13,29-17)14(24)27-3)22-15(25)21(16(26)23(18)22)11-7-5-4-6-8-11/h4-10,12-13H,1-3H3/t12-,13-,18+,19+/m1/s1. The Bertz CT molecular complexity index is 1180. The van der Waals surface area contributed by atoms with Gasteiger partial charge in [0.25, 0.3) is 0 Å². The van der Waals surface area contributed by atoms with E-state index in [0.717, 1.165) is 4.57 Å². The molecule has 6 rings (SSSR count). The summed E-state index contributed by atoms with van der Waals surface area (Å²) in [4.78, 5) is 39.7. The van der Waals surface area contributed by atoms with E-state index in [1.807, 2.05) is 0 Å². The maximum absolute atomic E-state index is 13.4. The number of hydrogen-bond donors (Lipinski definition) is 0. The van der Waals surface area contributed by atoms with Gasteiger partial charge in [-0.25, -0.2) is 28.3 Å². The summed E-state index contributed by atoms with van der Waals surface area (Å²) in [5, 5.41) is 0. The molecule has 4 aliphatic rings. The molecule has 2 bridgehead atoms. The molecule has 1 saturated heterocycles. The van der Waals surface area contributed by atoms with Crippen molar-refractivity contribution in [3.8, 4) is 5.69 Å². The highest BCUT2D eigenvalue weighted by Gasteiger charge is 2.74. The van der Waals surface area contributed by atoms with Crippen molar-refractivity contribution in [3.05, 3.63) is 63.5 Å². The van der Waals surface area contributed by atoms with Crippen LogP contribution in [0.4, 0.5) is 0 Å². The molecular weight excluding hydrogens is 446 g/mol. The number of benzene rings is 1. The van der Waals surface area contributed by atoms with Crippen molar-refractivity contribution in [1.29, 1.82) is 0 Å². The lowest BCUT2D eigenvalue weighted by Crippen LogP contribution is -2.70. The number of aromatic nitrogens is 3. The third kappa shape index (κ3) is 2.08. The quantitative estimate of drug-likeness (QED) is 0.375. The number of nitrogens with zero attached hydrogens (tertiary/aromatic N) is 3. The number of carbonyl (C=O) groups excluding carboxylic acids is 1. The first-order valence-electron chi connectivity index (χ1n) is 9.04. The zero-order chi connectivity index (χ0) is 20.8. The highest BCUT2D eigenvalue weighted by atomic mass is 79.9. The summed E-state index contributed by atoms with van der Waals surface area (Å²) in [7, 11) is 1.25. The molecular formula is C19H18BrN3O6. The van der Waals surface area contributed by atoms with E-state index in [1.165, 1.54) is 16.5 Å². The average molecular weight is 464 g/mol. The number of halogens is 1. The van der Waals surface area contributed by atoms with Gasteiger partial charge in [-0.2, -0.15) is 0 Å². The Morgan fingerprint density at radius 1 is 1.17 bits per heavy atom. The topological polar surface area (TPSA) is 93.7 Å². The van der Waals surface area contributed by atoms with Gasteiger partial charge in [-0.3, -0.25) is 0 Å². The van der Waals surface area contributed by atoms with Crippen LogP contribution < -0.4 is 11.4 Å². The van der Waals surface area contributed by atoms with Gasteiger partial charge in [0.2, 0.25) is 5.60 Å². The first-order valence-corrected chi connectivity index (χ1v) is 9.84. The van der Waals surface area contributed by atoms with E-state index in [4.69, 9.17) is 14.2 Å². The molecule has 1 fully saturated rings. The monoisotopic (exact) mass is 463 g/mol. The molecule has 29 heavy (non-hydrogen) atoms. The first kappa shape index (κ1) is 18.6. The minimum Gasteiger partial charge on any atom is -0.467 e. The largest absolute Gasteiger partial charge is 0.467 e. The van der Waals surface area contributed by atoms with Gasteiger partial charge in [0.05, 0.1) is 12.8 Å². The molecule has 0 unspecified atom stereocenters. The second kappa shape index (κ2) is 5.59. The van der Waals surface area contributed by atoms with Gasteiger partial charge in [0.1, 0.15) is 12.1 Å². The van der Waals surface area contributed by atoms with Crippen LogP contribution in [-0.2, 0) is 23.5 Å². The predicted molar refractivity (Wildman–Crippen MR) is 104 cm³/mol. The van der Waals surface area contributed by atoms with Crippen LogP contribution in [-0.4, -0.2) is 44.5 Å². The van der Waals surface area contributed by atoms with E-state index in [-0.39, 0.29) is 0 Å². The molecule has 3 aliphatic heterocycles. The van der Waals surface area contributed by atoms with Crippen LogP contribution in [0.5, 0.6) is 0 Å². The van der Waals surface area contributed by atoms with Gasteiger partial charge < -0.3 is 14.2 Å². The Balaban J connectivity index is 1.84. The number of ether oxygens (including phenoxy) is 3. The normalized spacial score (nSPS) is 33.4. The van der Waals surface area contributed by atoms with E-state index >= 15 is 0 Å². The van der Waals surface area contributed by atoms with Crippen molar-refractivity contribution in [3.63, 3.8) is 0 Å². The summed E-state index contributed by atoms with van der Waals surface area (Å²) in [6.45, 7) is 3.35. The summed E-state index contributed by atoms with van der Waals surface area (Å²) in [5.41, 5.74) is -2.35. The van der Waals surface area contributed by atoms with Crippen molar-refractivity contribution in [2.75, 3.05) is 7.11 Å². The Morgan fingerprint density at radius 2 is 1.86 bits per heavy atom. The Kier molecular flexibility index (Phi) is 3.58. The van der Waals surface area contributed by atoms with Crippen LogP contribution >= 0.6 is 15.9 Å². The number of carbonyl (C=O) groups is 1. The van der Waals surface area contributed by atoms with Gasteiger partial charge in [0, 0.05) is 0 Å². The average Bonchev–Trinajstić information content (AvgIpc) is 3.15. The molecule has 152 valence electrons. The van der Waals surface area contributed by atoms with Crippen LogP contribution in [0, 0.1) is 0 Å². The van der Waals surface area contributed by atoms with Crippen molar-refractivity contribution >= 4 is 21.9 Å². The number of para-hydroxylation sites is 1. The second-order valence-corrected chi connectivity index (χ2v) is 8.98. The number of hydrogen-bond acceptors (Lipinski definition) is 6. The fourth-order valence-corrected chi connectivity index (χ4v) is 5.50. The number of alkyl halides is 1. The third-order valence-corrected chi connectivity index (χ3v) is 6.62. The number of rotatable bonds is 2. The summed E-state index contributed by atoms with van der Waals surface area (Å²) >= 11 is 3.58. The first-order chi connectivity index (χ1) is 13.7. The lowest BCUT2D eigenvalue weighted by Gasteiger charge is -2.50. The van der Waals surface area contributed by atoms with E-state index < -0.39 is 45.3 Å². The van der Waals surface area contributed by atoms with Crippen molar-refractivity contribution in [2.24, 2.45) is 0 Å². The fourth-order valence-electron chi connectivity index (χ4n) is 4.59. The van der Waals surface area contributed by atoms with Gasteiger partial charge >= 0.3 is 17.3 Å². The molecule has 0 radical (unpaired) electrons. The van der Waals surface area contributed by atoms with Gasteiger partial charge in [0.15, 0.2) is 10.2 Å². The fraction of sp³-hybridized carbons (Fsp3) is 0.421. The smallest absolute Gasteiger partial charge is 0.353 e. The molecule has 0 spiro atoms. The third-order valence-electron chi connectivity index (χ3n) is 5.61. The lowest BCUT2D eigenvalue weighted by atomic mass is 9.77. The van der Waals surface area contributed by atoms with Gasteiger partial charge in [-0.05, 0) is 32.1 Å². The van der Waals surface area contributed by atoms with Crippen LogP contribution in [0.25, 0.3) is 5.69 Å². The van der Waals surface area contributed by atoms with E-state index in [1.54, 1.807) is 56.3 Å². The maximum Gasteiger partial charge on any atom is 0.353 e. The van der Waals surface area contributed by atoms with Crippen LogP contribution in [0.2, 0.25) is 0 Å². The maximum atomic E-state index is 13.4. The van der Waals surface area contributed by atoms with Crippen LogP contribution in [0.3, 0.4) is 0 Å². The molecule has 4 atom stereocenters. The summed E-state index contributed by atoms with van der Waals surface area (Å²) < 4.78 is 19.5. The molecule has 10 heteroatoms. The van der Waals surface area contributed by atoms with Crippen molar-refractivity contribution in [2.45, 2.75) is 41.8 Å². The Hall–Kier alpha value is -2.43. The molecule has 2 aromatic rings. The molecule has 0 amide bonds. The highest BCUT2D eigenvalue weighted by molar-refractivity contribution is 9.09. The van der Waals surface area contributed by atoms with E-state index in [9.17, 15) is 14.4 Å². The molecule has 1 aromatic carbocycles. The second-order valence-electron chi connectivity index (χ2n) is 7.71. The molecule has 4 heterocycles. The van der Waals surface area contributed by atoms with Gasteiger partial charge in [-0.15, -0.1) is 0 Å². The van der Waals surface area contributed by atoms with E-state index in [2.05, 4.69) is 15.9 Å². The summed E-state index contributed by atoms with van der Waals surface area (Å²) in [6.07, 6.45) is 2.45. The van der Waals surface area contributed by atoms with Crippen molar-refractivity contribution < 1.29 is 19.0 Å². The zero-order valence-corrected chi connectivity index (χ0v) is 17.5. The summed E-state index contributed by atoms with van der Waals surface area (Å²) in [5.74, 6) is -1.81. The minimum atomic E-state index is -1.63. The summed E-state index contributed by atoms with van der Waals surface area (Å²) in [6, 6.07) is 7.67. The van der Waals surface area contributed by atoms with Gasteiger partial charge in [-0.1, -0.05) is 40.2 Å². The van der Waals surface area contributed by atoms with Crippen LogP contribution in [0.15, 0.2) is 52.1 Å². The molecule has 0 saturated carbocycles. The zero-order valence-electron chi connectivity index (χ0n) is 15.9. The molecule has 1 aliphatic carbocycles. The predicted octanol–water partition coefficient (Wildman–Crippen LogP) is 1.04.